The fourth-order valence-corrected chi connectivity index (χ4v) is 4.25. The number of aryl methyl sites for hydroxylation is 1. The van der Waals surface area contributed by atoms with Crippen molar-refractivity contribution < 1.29 is 14.4 Å². The highest BCUT2D eigenvalue weighted by Gasteiger charge is 2.25. The van der Waals surface area contributed by atoms with Crippen molar-refractivity contribution in [2.75, 3.05) is 12.3 Å². The van der Waals surface area contributed by atoms with E-state index in [0.29, 0.717) is 40.4 Å². The average Bonchev–Trinajstić information content (AvgIpc) is 3.66. The molecule has 36 heavy (non-hydrogen) atoms. The number of nitrogens with zero attached hydrogens (tertiary/aromatic N) is 1. The lowest BCUT2D eigenvalue weighted by Gasteiger charge is -2.19. The number of hydrogen-bond donors (Lipinski definition) is 3. The van der Waals surface area contributed by atoms with Crippen LogP contribution in [0, 0.1) is 12.3 Å². The fourth-order valence-electron chi connectivity index (χ4n) is 3.70. The summed E-state index contributed by atoms with van der Waals surface area (Å²) in [5.41, 5.74) is 3.56. The summed E-state index contributed by atoms with van der Waals surface area (Å²) >= 11 is 1.54. The maximum atomic E-state index is 13.4. The molecule has 1 saturated carbocycles. The van der Waals surface area contributed by atoms with Crippen molar-refractivity contribution in [1.82, 2.24) is 16.0 Å². The molecule has 0 atom stereocenters. The molecule has 0 radical (unpaired) electrons. The first-order valence-electron chi connectivity index (χ1n) is 12.1. The molecule has 2 aromatic carbocycles. The van der Waals surface area contributed by atoms with Gasteiger partial charge in [-0.15, -0.1) is 11.8 Å². The normalized spacial score (nSPS) is 15.2. The molecule has 0 spiro atoms. The van der Waals surface area contributed by atoms with E-state index in [1.165, 1.54) is 0 Å². The van der Waals surface area contributed by atoms with Crippen molar-refractivity contribution in [3.05, 3.63) is 70.3 Å². The molecule has 1 fully saturated rings. The Morgan fingerprint density at radius 3 is 2.36 bits per heavy atom. The van der Waals surface area contributed by atoms with Gasteiger partial charge in [0.05, 0.1) is 5.75 Å². The maximum absolute atomic E-state index is 13.4. The molecule has 0 unspecified atom stereocenters. The molecule has 4 rings (SSSR count). The van der Waals surface area contributed by atoms with Crippen molar-refractivity contribution in [2.45, 2.75) is 46.6 Å². The number of amides is 3. The number of hydrogen-bond acceptors (Lipinski definition) is 5. The largest absolute Gasteiger partial charge is 0.352 e. The van der Waals surface area contributed by atoms with E-state index < -0.39 is 0 Å². The second-order valence-electron chi connectivity index (χ2n) is 10.4. The van der Waals surface area contributed by atoms with Gasteiger partial charge in [-0.2, -0.15) is 0 Å². The van der Waals surface area contributed by atoms with Crippen LogP contribution in [0.1, 0.15) is 70.3 Å². The molecule has 3 amide bonds. The molecule has 3 N–H and O–H groups in total. The van der Waals surface area contributed by atoms with Crippen LogP contribution in [0.15, 0.2) is 53.0 Å². The Hall–Kier alpha value is -3.39. The number of rotatable bonds is 6. The first-order valence-corrected chi connectivity index (χ1v) is 13.1. The predicted octanol–water partition coefficient (Wildman–Crippen LogP) is 4.68. The number of amidine groups is 1. The summed E-state index contributed by atoms with van der Waals surface area (Å²) in [7, 11) is 0. The van der Waals surface area contributed by atoms with Gasteiger partial charge in [-0.05, 0) is 71.5 Å². The topological polar surface area (TPSA) is 99.7 Å². The molecular formula is C28H32N4O3S. The molecule has 2 aromatic rings. The van der Waals surface area contributed by atoms with Crippen LogP contribution in [0.3, 0.4) is 0 Å². The van der Waals surface area contributed by atoms with Crippen LogP contribution in [0.2, 0.25) is 0 Å². The summed E-state index contributed by atoms with van der Waals surface area (Å²) in [6.07, 6.45) is 3.66. The van der Waals surface area contributed by atoms with E-state index in [9.17, 15) is 14.4 Å². The lowest BCUT2D eigenvalue weighted by atomic mass is 9.92. The number of carbonyl (C=O) groups is 3. The molecule has 1 aliphatic heterocycles. The number of benzene rings is 2. The van der Waals surface area contributed by atoms with Crippen molar-refractivity contribution in [2.24, 2.45) is 10.4 Å². The Morgan fingerprint density at radius 2 is 1.69 bits per heavy atom. The van der Waals surface area contributed by atoms with Gasteiger partial charge >= 0.3 is 0 Å². The van der Waals surface area contributed by atoms with Crippen LogP contribution in [0.25, 0.3) is 11.1 Å². The van der Waals surface area contributed by atoms with Gasteiger partial charge in [0.2, 0.25) is 0 Å². The summed E-state index contributed by atoms with van der Waals surface area (Å²) < 4.78 is 0. The molecule has 0 aromatic heterocycles. The van der Waals surface area contributed by atoms with Gasteiger partial charge in [-0.25, -0.2) is 4.99 Å². The minimum Gasteiger partial charge on any atom is -0.352 e. The predicted molar refractivity (Wildman–Crippen MR) is 145 cm³/mol. The van der Waals surface area contributed by atoms with E-state index in [0.717, 1.165) is 24.0 Å². The molecule has 1 heterocycles. The van der Waals surface area contributed by atoms with Crippen LogP contribution in [0.4, 0.5) is 0 Å². The van der Waals surface area contributed by atoms with E-state index in [1.807, 2.05) is 45.2 Å². The molecule has 188 valence electrons. The standard InChI is InChI=1S/C28H32N4O3S/c1-17-5-6-19(26(34)31-20-8-9-20)13-22(17)21-10-7-18(25(33)30-16-28(2,3)4)14-23(21)27(35)32-24-15-36-12-11-29-24/h5-7,10-14,20H,8-9,15-16H2,1-4H3,(H,30,33)(H,31,34)(H,29,32,35). The van der Waals surface area contributed by atoms with E-state index >= 15 is 0 Å². The molecule has 0 saturated heterocycles. The number of thioether (sulfide) groups is 1. The lowest BCUT2D eigenvalue weighted by Crippen LogP contribution is -2.34. The molecule has 2 aliphatic rings. The Morgan fingerprint density at radius 1 is 0.972 bits per heavy atom. The van der Waals surface area contributed by atoms with Gasteiger partial charge in [0.1, 0.15) is 5.84 Å². The molecule has 1 aliphatic carbocycles. The van der Waals surface area contributed by atoms with Gasteiger partial charge in [-0.1, -0.05) is 32.9 Å². The Balaban J connectivity index is 1.71. The highest BCUT2D eigenvalue weighted by molar-refractivity contribution is 8.02. The van der Waals surface area contributed by atoms with Crippen molar-refractivity contribution in [3.8, 4) is 11.1 Å². The Bertz CT molecular complexity index is 1260. The number of nitrogens with one attached hydrogen (secondary N) is 3. The van der Waals surface area contributed by atoms with Crippen molar-refractivity contribution in [1.29, 1.82) is 0 Å². The summed E-state index contributed by atoms with van der Waals surface area (Å²) in [6, 6.07) is 10.9. The third kappa shape index (κ3) is 6.63. The van der Waals surface area contributed by atoms with Crippen LogP contribution >= 0.6 is 11.8 Å². The Labute approximate surface area is 216 Å². The monoisotopic (exact) mass is 504 g/mol. The minimum absolute atomic E-state index is 0.0707. The minimum atomic E-state index is -0.350. The van der Waals surface area contributed by atoms with Crippen LogP contribution in [0.5, 0.6) is 0 Å². The highest BCUT2D eigenvalue weighted by Crippen LogP contribution is 2.30. The van der Waals surface area contributed by atoms with Crippen molar-refractivity contribution in [3.63, 3.8) is 0 Å². The second kappa shape index (κ2) is 10.7. The number of aliphatic imine (C=N–C) groups is 1. The van der Waals surface area contributed by atoms with E-state index in [4.69, 9.17) is 0 Å². The fraction of sp³-hybridized carbons (Fsp3) is 0.357. The van der Waals surface area contributed by atoms with Crippen LogP contribution in [-0.2, 0) is 0 Å². The van der Waals surface area contributed by atoms with Crippen molar-refractivity contribution >= 4 is 35.3 Å². The molecular weight excluding hydrogens is 472 g/mol. The van der Waals surface area contributed by atoms with E-state index in [-0.39, 0.29) is 29.2 Å². The third-order valence-electron chi connectivity index (χ3n) is 5.87. The third-order valence-corrected chi connectivity index (χ3v) is 6.63. The van der Waals surface area contributed by atoms with Gasteiger partial charge < -0.3 is 16.0 Å². The van der Waals surface area contributed by atoms with Gasteiger partial charge in [-0.3, -0.25) is 14.4 Å². The summed E-state index contributed by atoms with van der Waals surface area (Å²) in [5.74, 6) is 0.392. The lowest BCUT2D eigenvalue weighted by molar-refractivity contribution is 0.0935. The average molecular weight is 505 g/mol. The van der Waals surface area contributed by atoms with Gasteiger partial charge in [0, 0.05) is 35.5 Å². The summed E-state index contributed by atoms with van der Waals surface area (Å²) in [6.45, 7) is 8.58. The zero-order valence-corrected chi connectivity index (χ0v) is 21.9. The second-order valence-corrected chi connectivity index (χ2v) is 11.3. The quantitative estimate of drug-likeness (QED) is 0.532. The van der Waals surface area contributed by atoms with Gasteiger partial charge in [0.25, 0.3) is 17.7 Å². The van der Waals surface area contributed by atoms with Gasteiger partial charge in [0.15, 0.2) is 0 Å². The Kier molecular flexibility index (Phi) is 7.64. The summed E-state index contributed by atoms with van der Waals surface area (Å²) in [4.78, 5) is 43.3. The smallest absolute Gasteiger partial charge is 0.257 e. The zero-order valence-electron chi connectivity index (χ0n) is 21.1. The first-order chi connectivity index (χ1) is 17.1. The van der Waals surface area contributed by atoms with E-state index in [1.54, 1.807) is 42.2 Å². The molecule has 0 bridgehead atoms. The first kappa shape index (κ1) is 25.7. The van der Waals surface area contributed by atoms with Crippen LogP contribution in [-0.4, -0.2) is 41.9 Å². The summed E-state index contributed by atoms with van der Waals surface area (Å²) in [5, 5.41) is 10.7. The number of carbonyl (C=O) groups excluding carboxylic acids is 3. The van der Waals surface area contributed by atoms with E-state index in [2.05, 4.69) is 20.9 Å². The SMILES string of the molecule is Cc1ccc(C(=O)NC2CC2)cc1-c1ccc(C(=O)NCC(C)(C)C)cc1C(=O)NC1=NC=CSC1. The molecule has 8 heteroatoms. The maximum Gasteiger partial charge on any atom is 0.257 e. The van der Waals surface area contributed by atoms with Crippen LogP contribution < -0.4 is 16.0 Å². The highest BCUT2D eigenvalue weighted by atomic mass is 32.2. The zero-order chi connectivity index (χ0) is 25.9. The molecule has 7 nitrogen and oxygen atoms in total.